The minimum absolute atomic E-state index is 0.219. The van der Waals surface area contributed by atoms with Crippen molar-refractivity contribution >= 4 is 18.0 Å². The molecule has 0 radical (unpaired) electrons. The van der Waals surface area contributed by atoms with E-state index in [0.29, 0.717) is 30.6 Å². The molecule has 7 nitrogen and oxygen atoms in total. The summed E-state index contributed by atoms with van der Waals surface area (Å²) in [6.45, 7) is 8.75. The van der Waals surface area contributed by atoms with Crippen LogP contribution in [0, 0.1) is 12.8 Å². The molecule has 1 amide bonds. The van der Waals surface area contributed by atoms with Crippen LogP contribution in [0.25, 0.3) is 6.08 Å². The number of carbonyl (C=O) groups is 2. The molecule has 192 valence electrons. The van der Waals surface area contributed by atoms with Crippen molar-refractivity contribution < 1.29 is 23.8 Å². The first-order valence-corrected chi connectivity index (χ1v) is 12.5. The molecular weight excluding hydrogens is 456 g/mol. The van der Waals surface area contributed by atoms with Gasteiger partial charge in [-0.15, -0.1) is 0 Å². The number of rotatable bonds is 11. The fraction of sp³-hybridized carbons (Fsp3) is 0.414. The fourth-order valence-corrected chi connectivity index (χ4v) is 4.26. The van der Waals surface area contributed by atoms with E-state index in [1.165, 1.54) is 11.0 Å². The highest BCUT2D eigenvalue weighted by Crippen LogP contribution is 2.28. The molecule has 0 fully saturated rings. The second-order valence-corrected chi connectivity index (χ2v) is 9.12. The SMILES string of the molecule is C/C=C/C=C/C(=O)N1Cc2cc(OCCc3nc(/C=C/C(C)CCC)oc3C)ccc2C[C@H]1C(=O)O. The summed E-state index contributed by atoms with van der Waals surface area (Å²) in [5, 5.41) is 9.67. The van der Waals surface area contributed by atoms with Crippen molar-refractivity contribution in [3.63, 3.8) is 0 Å². The summed E-state index contributed by atoms with van der Waals surface area (Å²) >= 11 is 0. The lowest BCUT2D eigenvalue weighted by molar-refractivity contribution is -0.149. The van der Waals surface area contributed by atoms with E-state index >= 15 is 0 Å². The topological polar surface area (TPSA) is 92.9 Å². The van der Waals surface area contributed by atoms with Crippen LogP contribution < -0.4 is 4.74 Å². The standard InChI is InChI=1S/C29H36N2O5/c1-5-7-8-10-28(32)31-19-23-17-24(13-12-22(23)18-26(31)29(33)34)35-16-15-25-21(4)36-27(30-25)14-11-20(3)9-6-2/h5,7-8,10-14,17,20,26H,6,9,15-16,18-19H2,1-4H3,(H,33,34)/b7-5+,10-8+,14-11+/t20?,26-/m0/s1. The molecule has 2 aromatic rings. The lowest BCUT2D eigenvalue weighted by Crippen LogP contribution is -2.48. The zero-order valence-corrected chi connectivity index (χ0v) is 21.6. The third kappa shape index (κ3) is 7.20. The second kappa shape index (κ2) is 12.9. The van der Waals surface area contributed by atoms with Gasteiger partial charge in [0, 0.05) is 25.5 Å². The van der Waals surface area contributed by atoms with Gasteiger partial charge in [0.25, 0.3) is 0 Å². The van der Waals surface area contributed by atoms with Gasteiger partial charge in [0.15, 0.2) is 0 Å². The lowest BCUT2D eigenvalue weighted by Gasteiger charge is -2.34. The molecule has 0 aliphatic carbocycles. The predicted molar refractivity (Wildman–Crippen MR) is 140 cm³/mol. The Hall–Kier alpha value is -3.61. The number of hydrogen-bond acceptors (Lipinski definition) is 5. The zero-order chi connectivity index (χ0) is 26.1. The number of fused-ring (bicyclic) bond motifs is 1. The van der Waals surface area contributed by atoms with Crippen LogP contribution in [0.1, 0.15) is 62.1 Å². The van der Waals surface area contributed by atoms with E-state index in [2.05, 4.69) is 24.9 Å². The number of benzene rings is 1. The Labute approximate surface area is 213 Å². The van der Waals surface area contributed by atoms with Crippen molar-refractivity contribution in [2.45, 2.75) is 66.0 Å². The highest BCUT2D eigenvalue weighted by Gasteiger charge is 2.33. The maximum absolute atomic E-state index is 12.7. The van der Waals surface area contributed by atoms with Gasteiger partial charge >= 0.3 is 5.97 Å². The van der Waals surface area contributed by atoms with Gasteiger partial charge in [0.2, 0.25) is 11.8 Å². The molecule has 1 aliphatic rings. The van der Waals surface area contributed by atoms with E-state index in [-0.39, 0.29) is 18.9 Å². The number of aromatic nitrogens is 1. The van der Waals surface area contributed by atoms with Gasteiger partial charge in [-0.2, -0.15) is 0 Å². The number of aryl methyl sites for hydroxylation is 1. The number of carboxylic acids is 1. The molecule has 1 aromatic carbocycles. The van der Waals surface area contributed by atoms with Crippen molar-refractivity contribution in [1.82, 2.24) is 9.88 Å². The van der Waals surface area contributed by atoms with Gasteiger partial charge in [-0.1, -0.05) is 50.6 Å². The lowest BCUT2D eigenvalue weighted by atomic mass is 9.93. The van der Waals surface area contributed by atoms with Crippen LogP contribution in [0.2, 0.25) is 0 Å². The van der Waals surface area contributed by atoms with E-state index in [9.17, 15) is 14.7 Å². The Morgan fingerprint density at radius 3 is 2.83 bits per heavy atom. The van der Waals surface area contributed by atoms with Gasteiger partial charge in [-0.25, -0.2) is 9.78 Å². The van der Waals surface area contributed by atoms with Gasteiger partial charge in [-0.05, 0) is 55.5 Å². The number of oxazole rings is 1. The van der Waals surface area contributed by atoms with Gasteiger partial charge < -0.3 is 19.2 Å². The molecule has 0 spiro atoms. The molecule has 7 heteroatoms. The predicted octanol–water partition coefficient (Wildman–Crippen LogP) is 5.52. The Balaban J connectivity index is 1.64. The molecule has 1 aromatic heterocycles. The Kier molecular flexibility index (Phi) is 9.68. The van der Waals surface area contributed by atoms with Crippen molar-refractivity contribution in [3.8, 4) is 5.75 Å². The normalized spacial score (nSPS) is 16.7. The average molecular weight is 493 g/mol. The smallest absolute Gasteiger partial charge is 0.326 e. The molecule has 3 rings (SSSR count). The van der Waals surface area contributed by atoms with Crippen LogP contribution in [0.4, 0.5) is 0 Å². The number of carbonyl (C=O) groups excluding carboxylic acids is 1. The highest BCUT2D eigenvalue weighted by molar-refractivity contribution is 5.92. The molecule has 0 saturated carbocycles. The third-order valence-corrected chi connectivity index (χ3v) is 6.25. The van der Waals surface area contributed by atoms with E-state index in [0.717, 1.165) is 35.4 Å². The molecule has 0 saturated heterocycles. The maximum Gasteiger partial charge on any atom is 0.326 e. The molecule has 1 aliphatic heterocycles. The van der Waals surface area contributed by atoms with Crippen LogP contribution in [-0.4, -0.2) is 39.5 Å². The van der Waals surface area contributed by atoms with Crippen molar-refractivity contribution in [1.29, 1.82) is 0 Å². The van der Waals surface area contributed by atoms with Crippen LogP contribution in [0.15, 0.2) is 53.0 Å². The average Bonchev–Trinajstić information content (AvgIpc) is 3.21. The summed E-state index contributed by atoms with van der Waals surface area (Å²) < 4.78 is 11.7. The number of carboxylic acid groups (broad SMARTS) is 1. The molecule has 36 heavy (non-hydrogen) atoms. The maximum atomic E-state index is 12.7. The number of amides is 1. The van der Waals surface area contributed by atoms with Crippen molar-refractivity contribution in [3.05, 3.63) is 77.1 Å². The first-order valence-electron chi connectivity index (χ1n) is 12.5. The molecule has 2 atom stereocenters. The van der Waals surface area contributed by atoms with Crippen LogP contribution in [-0.2, 0) is 29.0 Å². The van der Waals surface area contributed by atoms with Gasteiger partial charge in [0.1, 0.15) is 17.6 Å². The molecule has 1 N–H and O–H groups in total. The Bertz CT molecular complexity index is 1140. The largest absolute Gasteiger partial charge is 0.493 e. The minimum Gasteiger partial charge on any atom is -0.493 e. The monoisotopic (exact) mass is 492 g/mol. The molecular formula is C29H36N2O5. The number of nitrogens with zero attached hydrogens (tertiary/aromatic N) is 2. The van der Waals surface area contributed by atoms with Crippen LogP contribution in [0.5, 0.6) is 5.75 Å². The molecule has 0 bridgehead atoms. The molecule has 1 unspecified atom stereocenters. The summed E-state index contributed by atoms with van der Waals surface area (Å²) in [6, 6.07) is 4.73. The Morgan fingerprint density at radius 2 is 2.11 bits per heavy atom. The fourth-order valence-electron chi connectivity index (χ4n) is 4.26. The summed E-state index contributed by atoms with van der Waals surface area (Å²) in [6.07, 6.45) is 13.8. The number of allylic oxidation sites excluding steroid dienone is 4. The number of ether oxygens (including phenoxy) is 1. The number of hydrogen-bond donors (Lipinski definition) is 1. The highest BCUT2D eigenvalue weighted by atomic mass is 16.5. The van der Waals surface area contributed by atoms with Crippen LogP contribution in [0.3, 0.4) is 0 Å². The van der Waals surface area contributed by atoms with Gasteiger partial charge in [-0.3, -0.25) is 4.79 Å². The second-order valence-electron chi connectivity index (χ2n) is 9.12. The third-order valence-electron chi connectivity index (χ3n) is 6.25. The molecule has 2 heterocycles. The van der Waals surface area contributed by atoms with Crippen molar-refractivity contribution in [2.24, 2.45) is 5.92 Å². The summed E-state index contributed by atoms with van der Waals surface area (Å²) in [5.41, 5.74) is 2.67. The van der Waals surface area contributed by atoms with E-state index in [4.69, 9.17) is 9.15 Å². The summed E-state index contributed by atoms with van der Waals surface area (Å²) in [7, 11) is 0. The van der Waals surface area contributed by atoms with Gasteiger partial charge in [0.05, 0.1) is 12.3 Å². The van der Waals surface area contributed by atoms with Crippen molar-refractivity contribution in [2.75, 3.05) is 6.61 Å². The Morgan fingerprint density at radius 1 is 1.31 bits per heavy atom. The van der Waals surface area contributed by atoms with E-state index in [1.54, 1.807) is 18.2 Å². The van der Waals surface area contributed by atoms with E-state index < -0.39 is 12.0 Å². The minimum atomic E-state index is -1.01. The van der Waals surface area contributed by atoms with E-state index in [1.807, 2.05) is 38.1 Å². The first kappa shape index (κ1) is 27.0. The number of aliphatic carboxylic acids is 1. The summed E-state index contributed by atoms with van der Waals surface area (Å²) in [5.74, 6) is 1.22. The van der Waals surface area contributed by atoms with Crippen LogP contribution >= 0.6 is 0 Å². The zero-order valence-electron chi connectivity index (χ0n) is 21.6. The first-order chi connectivity index (χ1) is 17.3. The quantitative estimate of drug-likeness (QED) is 0.328. The summed E-state index contributed by atoms with van der Waals surface area (Å²) in [4.78, 5) is 30.4.